The van der Waals surface area contributed by atoms with E-state index in [0.29, 0.717) is 0 Å². The van der Waals surface area contributed by atoms with Gasteiger partial charge in [0.1, 0.15) is 12.2 Å². The van der Waals surface area contributed by atoms with Crippen LogP contribution in [0, 0.1) is 5.92 Å². The Morgan fingerprint density at radius 3 is 2.42 bits per heavy atom. The van der Waals surface area contributed by atoms with Crippen LogP contribution in [0.3, 0.4) is 0 Å². The first kappa shape index (κ1) is 12.6. The van der Waals surface area contributed by atoms with Gasteiger partial charge in [-0.1, -0.05) is 37.3 Å². The van der Waals surface area contributed by atoms with E-state index in [2.05, 4.69) is 0 Å². The quantitative estimate of drug-likeness (QED) is 0.729. The summed E-state index contributed by atoms with van der Waals surface area (Å²) in [4.78, 5) is 12.1. The summed E-state index contributed by atoms with van der Waals surface area (Å²) in [5.74, 6) is -0.997. The normalized spacial score (nSPS) is 36.7. The molecule has 2 heterocycles. The van der Waals surface area contributed by atoms with Gasteiger partial charge in [0.05, 0.1) is 0 Å². The molecule has 1 aromatic carbocycles. The molecule has 0 unspecified atom stereocenters. The minimum atomic E-state index is -0.728. The molecule has 2 aliphatic rings. The van der Waals surface area contributed by atoms with Crippen LogP contribution in [-0.2, 0) is 19.0 Å². The zero-order valence-electron chi connectivity index (χ0n) is 11.3. The number of esters is 1. The molecule has 0 amide bonds. The van der Waals surface area contributed by atoms with Gasteiger partial charge in [0.2, 0.25) is 0 Å². The van der Waals surface area contributed by atoms with E-state index < -0.39 is 11.9 Å². The molecule has 2 fully saturated rings. The van der Waals surface area contributed by atoms with E-state index in [0.717, 1.165) is 5.56 Å². The third-order valence-corrected chi connectivity index (χ3v) is 3.73. The fraction of sp³-hybridized carbons (Fsp3) is 0.533. The summed E-state index contributed by atoms with van der Waals surface area (Å²) in [5, 5.41) is 0. The van der Waals surface area contributed by atoms with Gasteiger partial charge in [-0.05, 0) is 19.4 Å². The van der Waals surface area contributed by atoms with Crippen LogP contribution in [0.1, 0.15) is 32.4 Å². The molecule has 4 nitrogen and oxygen atoms in total. The largest absolute Gasteiger partial charge is 0.455 e. The average molecular weight is 262 g/mol. The molecule has 0 radical (unpaired) electrons. The first-order chi connectivity index (χ1) is 8.98. The lowest BCUT2D eigenvalue weighted by atomic mass is 9.87. The van der Waals surface area contributed by atoms with E-state index in [-0.39, 0.29) is 24.1 Å². The van der Waals surface area contributed by atoms with Gasteiger partial charge in [-0.25, -0.2) is 4.79 Å². The van der Waals surface area contributed by atoms with Gasteiger partial charge in [-0.3, -0.25) is 0 Å². The first-order valence-corrected chi connectivity index (χ1v) is 6.59. The Balaban J connectivity index is 1.89. The maximum Gasteiger partial charge on any atom is 0.338 e. The van der Waals surface area contributed by atoms with Gasteiger partial charge < -0.3 is 14.2 Å². The second-order valence-corrected chi connectivity index (χ2v) is 5.65. The van der Waals surface area contributed by atoms with Gasteiger partial charge in [0.15, 0.2) is 11.9 Å². The number of cyclic esters (lactones) is 1. The molecule has 3 rings (SSSR count). The summed E-state index contributed by atoms with van der Waals surface area (Å²) >= 11 is 0. The van der Waals surface area contributed by atoms with Crippen molar-refractivity contribution in [3.05, 3.63) is 35.9 Å². The highest BCUT2D eigenvalue weighted by Crippen LogP contribution is 2.43. The highest BCUT2D eigenvalue weighted by atomic mass is 16.8. The number of hydrogen-bond acceptors (Lipinski definition) is 4. The van der Waals surface area contributed by atoms with E-state index in [4.69, 9.17) is 14.2 Å². The monoisotopic (exact) mass is 262 g/mol. The Labute approximate surface area is 112 Å². The van der Waals surface area contributed by atoms with Crippen LogP contribution in [0.25, 0.3) is 0 Å². The molecular formula is C15H18O4. The topological polar surface area (TPSA) is 44.8 Å². The molecule has 0 spiro atoms. The molecule has 2 saturated heterocycles. The third kappa shape index (κ3) is 2.15. The second kappa shape index (κ2) is 4.32. The fourth-order valence-corrected chi connectivity index (χ4v) is 2.84. The van der Waals surface area contributed by atoms with Crippen molar-refractivity contribution in [3.8, 4) is 0 Å². The summed E-state index contributed by atoms with van der Waals surface area (Å²) in [7, 11) is 0. The van der Waals surface area contributed by atoms with E-state index >= 15 is 0 Å². The lowest BCUT2D eigenvalue weighted by molar-refractivity contribution is -0.178. The minimum Gasteiger partial charge on any atom is -0.455 e. The summed E-state index contributed by atoms with van der Waals surface area (Å²) < 4.78 is 17.0. The Bertz CT molecular complexity index is 482. The summed E-state index contributed by atoms with van der Waals surface area (Å²) in [6.45, 7) is 5.68. The summed E-state index contributed by atoms with van der Waals surface area (Å²) in [6, 6.07) is 9.77. The van der Waals surface area contributed by atoms with Gasteiger partial charge in [0, 0.05) is 5.92 Å². The Morgan fingerprint density at radius 1 is 1.05 bits per heavy atom. The van der Waals surface area contributed by atoms with Crippen LogP contribution in [0.2, 0.25) is 0 Å². The van der Waals surface area contributed by atoms with E-state index in [1.807, 2.05) is 51.1 Å². The van der Waals surface area contributed by atoms with Crippen molar-refractivity contribution in [1.82, 2.24) is 0 Å². The van der Waals surface area contributed by atoms with Crippen LogP contribution in [0.4, 0.5) is 0 Å². The molecule has 0 N–H and O–H groups in total. The maximum absolute atomic E-state index is 12.1. The predicted molar refractivity (Wildman–Crippen MR) is 68.3 cm³/mol. The molecule has 2 aliphatic heterocycles. The van der Waals surface area contributed by atoms with Crippen molar-refractivity contribution in [2.24, 2.45) is 5.92 Å². The lowest BCUT2D eigenvalue weighted by Crippen LogP contribution is -2.46. The fourth-order valence-electron chi connectivity index (χ4n) is 2.84. The van der Waals surface area contributed by atoms with Gasteiger partial charge in [0.25, 0.3) is 0 Å². The molecule has 0 saturated carbocycles. The molecule has 4 heteroatoms. The smallest absolute Gasteiger partial charge is 0.338 e. The number of rotatable bonds is 1. The molecule has 0 bridgehead atoms. The third-order valence-electron chi connectivity index (χ3n) is 3.73. The van der Waals surface area contributed by atoms with Gasteiger partial charge in [-0.15, -0.1) is 0 Å². The average Bonchev–Trinajstić information content (AvgIpc) is 2.71. The zero-order chi connectivity index (χ0) is 13.6. The number of benzene rings is 1. The summed E-state index contributed by atoms with van der Waals surface area (Å²) in [5.41, 5.74) is 0.995. The number of carbonyl (C=O) groups is 1. The van der Waals surface area contributed by atoms with Crippen LogP contribution in [-0.4, -0.2) is 24.0 Å². The van der Waals surface area contributed by atoms with Crippen molar-refractivity contribution in [2.75, 3.05) is 0 Å². The van der Waals surface area contributed by atoms with Crippen LogP contribution in [0.5, 0.6) is 0 Å². The molecule has 4 atom stereocenters. The second-order valence-electron chi connectivity index (χ2n) is 5.65. The first-order valence-electron chi connectivity index (χ1n) is 6.59. The number of carbonyl (C=O) groups excluding carboxylic acids is 1. The van der Waals surface area contributed by atoms with Crippen molar-refractivity contribution in [3.63, 3.8) is 0 Å². The highest BCUT2D eigenvalue weighted by molar-refractivity contribution is 5.77. The van der Waals surface area contributed by atoms with Crippen LogP contribution < -0.4 is 0 Å². The molecule has 0 aromatic heterocycles. The molecule has 1 aromatic rings. The standard InChI is InChI=1S/C15H18O4/c1-9-11(10-7-5-4-6-8-10)17-14(16)13-12(9)18-15(2,3)19-13/h4-9,11-13H,1-3H3/t9-,11-,12+,13+/m0/s1. The highest BCUT2D eigenvalue weighted by Gasteiger charge is 2.54. The number of ether oxygens (including phenoxy) is 3. The SMILES string of the molecule is C[C@@H]1[C@H]2OC(C)(C)O[C@H]2C(=O)O[C@@H]1c1ccccc1. The molecule has 102 valence electrons. The van der Waals surface area contributed by atoms with Crippen molar-refractivity contribution >= 4 is 5.97 Å². The van der Waals surface area contributed by atoms with E-state index in [1.165, 1.54) is 0 Å². The van der Waals surface area contributed by atoms with Crippen molar-refractivity contribution < 1.29 is 19.0 Å². The van der Waals surface area contributed by atoms with Gasteiger partial charge in [-0.2, -0.15) is 0 Å². The summed E-state index contributed by atoms with van der Waals surface area (Å²) in [6.07, 6.45) is -1.13. The van der Waals surface area contributed by atoms with Crippen molar-refractivity contribution in [1.29, 1.82) is 0 Å². The zero-order valence-corrected chi connectivity index (χ0v) is 11.3. The van der Waals surface area contributed by atoms with E-state index in [1.54, 1.807) is 0 Å². The minimum absolute atomic E-state index is 0.0619. The van der Waals surface area contributed by atoms with Crippen LogP contribution in [0.15, 0.2) is 30.3 Å². The maximum atomic E-state index is 12.1. The molecular weight excluding hydrogens is 244 g/mol. The molecule has 19 heavy (non-hydrogen) atoms. The molecule has 0 aliphatic carbocycles. The van der Waals surface area contributed by atoms with Crippen LogP contribution >= 0.6 is 0 Å². The lowest BCUT2D eigenvalue weighted by Gasteiger charge is -2.35. The Hall–Kier alpha value is -1.39. The Morgan fingerprint density at radius 2 is 1.74 bits per heavy atom. The van der Waals surface area contributed by atoms with E-state index in [9.17, 15) is 4.79 Å². The van der Waals surface area contributed by atoms with Gasteiger partial charge >= 0.3 is 5.97 Å². The number of hydrogen-bond donors (Lipinski definition) is 0. The Kier molecular flexibility index (Phi) is 2.87. The van der Waals surface area contributed by atoms with Crippen molar-refractivity contribution in [2.45, 2.75) is 44.9 Å². The number of fused-ring (bicyclic) bond motifs is 1. The predicted octanol–water partition coefficient (Wildman–Crippen LogP) is 2.44.